The lowest BCUT2D eigenvalue weighted by Crippen LogP contribution is -2.07. The quantitative estimate of drug-likeness (QED) is 0.379. The van der Waals surface area contributed by atoms with Crippen LogP contribution in [0.25, 0.3) is 16.8 Å². The maximum atomic E-state index is 5.93. The molecule has 0 amide bonds. The number of allylic oxidation sites excluding steroid dienone is 1. The van der Waals surface area contributed by atoms with E-state index < -0.39 is 0 Å². The van der Waals surface area contributed by atoms with Crippen LogP contribution in [0.3, 0.4) is 0 Å². The van der Waals surface area contributed by atoms with Gasteiger partial charge in [-0.3, -0.25) is 0 Å². The Hall–Kier alpha value is -2.58. The number of fused-ring (bicyclic) bond motifs is 1. The first-order valence-electron chi connectivity index (χ1n) is 10.2. The Balaban J connectivity index is 1.56. The van der Waals surface area contributed by atoms with Crippen LogP contribution in [-0.2, 0) is 11.3 Å². The van der Waals surface area contributed by atoms with Gasteiger partial charge in [0.2, 0.25) is 0 Å². The van der Waals surface area contributed by atoms with Crippen LogP contribution in [0.1, 0.15) is 44.2 Å². The van der Waals surface area contributed by atoms with E-state index in [1.165, 1.54) is 21.9 Å². The molecular weight excluding hydrogens is 344 g/mol. The van der Waals surface area contributed by atoms with Gasteiger partial charge in [-0.1, -0.05) is 67.6 Å². The van der Waals surface area contributed by atoms with E-state index in [0.29, 0.717) is 12.7 Å². The highest BCUT2D eigenvalue weighted by atomic mass is 16.5. The van der Waals surface area contributed by atoms with E-state index in [4.69, 9.17) is 9.47 Å². The predicted octanol–water partition coefficient (Wildman–Crippen LogP) is 7.03. The van der Waals surface area contributed by atoms with Crippen molar-refractivity contribution in [3.63, 3.8) is 0 Å². The Labute approximate surface area is 168 Å². The number of ether oxygens (including phenoxy) is 2. The number of hydrogen-bond acceptors (Lipinski definition) is 2. The Bertz CT molecular complexity index is 883. The summed E-state index contributed by atoms with van der Waals surface area (Å²) in [6, 6.07) is 23.1. The first-order chi connectivity index (χ1) is 13.7. The van der Waals surface area contributed by atoms with E-state index in [2.05, 4.69) is 68.5 Å². The van der Waals surface area contributed by atoms with Crippen molar-refractivity contribution in [2.45, 2.75) is 45.8 Å². The molecule has 28 heavy (non-hydrogen) atoms. The van der Waals surface area contributed by atoms with Crippen LogP contribution >= 0.6 is 0 Å². The summed E-state index contributed by atoms with van der Waals surface area (Å²) in [6.07, 6.45) is 7.95. The molecular formula is C26H30O2. The van der Waals surface area contributed by atoms with Crippen molar-refractivity contribution in [2.75, 3.05) is 6.61 Å². The van der Waals surface area contributed by atoms with E-state index in [1.54, 1.807) is 0 Å². The maximum Gasteiger partial charge on any atom is 0.120 e. The van der Waals surface area contributed by atoms with Crippen molar-refractivity contribution in [3.8, 4) is 5.75 Å². The minimum Gasteiger partial charge on any atom is -0.489 e. The van der Waals surface area contributed by atoms with Crippen LogP contribution in [0.2, 0.25) is 0 Å². The Morgan fingerprint density at radius 2 is 1.71 bits per heavy atom. The van der Waals surface area contributed by atoms with E-state index in [1.807, 2.05) is 24.3 Å². The highest BCUT2D eigenvalue weighted by Gasteiger charge is 2.01. The molecule has 0 bridgehead atoms. The molecule has 0 radical (unpaired) electrons. The fourth-order valence-electron chi connectivity index (χ4n) is 3.13. The summed E-state index contributed by atoms with van der Waals surface area (Å²) in [5.74, 6) is 0.903. The third-order valence-corrected chi connectivity index (χ3v) is 4.74. The number of hydrogen-bond donors (Lipinski definition) is 0. The van der Waals surface area contributed by atoms with Gasteiger partial charge in [-0.05, 0) is 66.3 Å². The summed E-state index contributed by atoms with van der Waals surface area (Å²) in [5.41, 5.74) is 2.41. The molecule has 0 heterocycles. The highest BCUT2D eigenvalue weighted by Crippen LogP contribution is 2.23. The first kappa shape index (κ1) is 20.2. The summed E-state index contributed by atoms with van der Waals surface area (Å²) in [6.45, 7) is 5.74. The molecule has 3 aromatic carbocycles. The minimum atomic E-state index is 0.329. The molecule has 1 atom stereocenters. The van der Waals surface area contributed by atoms with Gasteiger partial charge in [-0.25, -0.2) is 0 Å². The average molecular weight is 375 g/mol. The molecule has 0 aliphatic carbocycles. The Morgan fingerprint density at radius 1 is 0.929 bits per heavy atom. The fraction of sp³-hybridized carbons (Fsp3) is 0.308. The molecule has 0 aliphatic rings. The van der Waals surface area contributed by atoms with Crippen LogP contribution in [0, 0.1) is 0 Å². The van der Waals surface area contributed by atoms with Gasteiger partial charge in [-0.2, -0.15) is 0 Å². The largest absolute Gasteiger partial charge is 0.489 e. The maximum absolute atomic E-state index is 5.93. The van der Waals surface area contributed by atoms with Gasteiger partial charge in [0.25, 0.3) is 0 Å². The second kappa shape index (κ2) is 10.7. The van der Waals surface area contributed by atoms with Crippen LogP contribution in [0.5, 0.6) is 5.75 Å². The van der Waals surface area contributed by atoms with Gasteiger partial charge in [0, 0.05) is 6.61 Å². The van der Waals surface area contributed by atoms with Gasteiger partial charge in [-0.15, -0.1) is 0 Å². The predicted molar refractivity (Wildman–Crippen MR) is 119 cm³/mol. The monoisotopic (exact) mass is 374 g/mol. The molecule has 0 aliphatic heterocycles. The molecule has 0 fully saturated rings. The highest BCUT2D eigenvalue weighted by molar-refractivity contribution is 5.86. The summed E-state index contributed by atoms with van der Waals surface area (Å²) >= 11 is 0. The molecule has 0 saturated carbocycles. The van der Waals surface area contributed by atoms with Crippen LogP contribution in [0.4, 0.5) is 0 Å². The van der Waals surface area contributed by atoms with Crippen molar-refractivity contribution in [1.82, 2.24) is 0 Å². The normalized spacial score (nSPS) is 12.5. The molecule has 3 rings (SSSR count). The second-order valence-electron chi connectivity index (χ2n) is 7.20. The summed E-state index contributed by atoms with van der Waals surface area (Å²) < 4.78 is 11.6. The van der Waals surface area contributed by atoms with Gasteiger partial charge in [0.05, 0.1) is 6.10 Å². The zero-order valence-electron chi connectivity index (χ0n) is 16.9. The topological polar surface area (TPSA) is 18.5 Å². The van der Waals surface area contributed by atoms with E-state index in [0.717, 1.165) is 31.6 Å². The molecule has 0 N–H and O–H groups in total. The van der Waals surface area contributed by atoms with Crippen molar-refractivity contribution < 1.29 is 9.47 Å². The van der Waals surface area contributed by atoms with Crippen LogP contribution < -0.4 is 4.74 Å². The molecule has 0 spiro atoms. The summed E-state index contributed by atoms with van der Waals surface area (Å²) in [7, 11) is 0. The molecule has 0 saturated heterocycles. The average Bonchev–Trinajstić information content (AvgIpc) is 2.74. The van der Waals surface area contributed by atoms with E-state index in [9.17, 15) is 0 Å². The zero-order chi connectivity index (χ0) is 19.6. The van der Waals surface area contributed by atoms with Crippen molar-refractivity contribution >= 4 is 16.8 Å². The molecule has 2 heteroatoms. The Morgan fingerprint density at radius 3 is 2.54 bits per heavy atom. The lowest BCUT2D eigenvalue weighted by atomic mass is 10.1. The number of benzene rings is 3. The SMILES string of the molecule is CCCOC(C)CC/C=C/c1ccc2cc(OCc3ccccc3)ccc2c1. The van der Waals surface area contributed by atoms with E-state index in [-0.39, 0.29) is 0 Å². The van der Waals surface area contributed by atoms with E-state index >= 15 is 0 Å². The van der Waals surface area contributed by atoms with Crippen LogP contribution in [-0.4, -0.2) is 12.7 Å². The van der Waals surface area contributed by atoms with Gasteiger partial charge >= 0.3 is 0 Å². The van der Waals surface area contributed by atoms with Crippen molar-refractivity contribution in [2.24, 2.45) is 0 Å². The zero-order valence-corrected chi connectivity index (χ0v) is 16.9. The van der Waals surface area contributed by atoms with Crippen molar-refractivity contribution in [1.29, 1.82) is 0 Å². The van der Waals surface area contributed by atoms with Crippen LogP contribution in [0.15, 0.2) is 72.8 Å². The van der Waals surface area contributed by atoms with Crippen molar-refractivity contribution in [3.05, 3.63) is 83.9 Å². The third-order valence-electron chi connectivity index (χ3n) is 4.74. The van der Waals surface area contributed by atoms with Gasteiger partial charge < -0.3 is 9.47 Å². The molecule has 146 valence electrons. The van der Waals surface area contributed by atoms with Gasteiger partial charge in [0.15, 0.2) is 0 Å². The standard InChI is InChI=1S/C26H30O2/c1-3-17-27-21(2)9-7-8-10-22-13-14-25-19-26(16-15-24(25)18-22)28-20-23-11-5-4-6-12-23/h4-6,8,10-16,18-19,21H,3,7,9,17,20H2,1-2H3/b10-8+. The molecule has 2 nitrogen and oxygen atoms in total. The minimum absolute atomic E-state index is 0.329. The Kier molecular flexibility index (Phi) is 7.69. The third kappa shape index (κ3) is 6.24. The first-order valence-corrected chi connectivity index (χ1v) is 10.2. The van der Waals surface area contributed by atoms with Gasteiger partial charge in [0.1, 0.15) is 12.4 Å². The lowest BCUT2D eigenvalue weighted by molar-refractivity contribution is 0.0615. The summed E-state index contributed by atoms with van der Waals surface area (Å²) in [5, 5.41) is 2.43. The summed E-state index contributed by atoms with van der Waals surface area (Å²) in [4.78, 5) is 0. The smallest absolute Gasteiger partial charge is 0.120 e. The molecule has 1 unspecified atom stereocenters. The molecule has 0 aromatic heterocycles. The second-order valence-corrected chi connectivity index (χ2v) is 7.20. The fourth-order valence-corrected chi connectivity index (χ4v) is 3.13. The number of rotatable bonds is 10. The molecule has 3 aromatic rings. The lowest BCUT2D eigenvalue weighted by Gasteiger charge is -2.10.